The van der Waals surface area contributed by atoms with Gasteiger partial charge >= 0.3 is 11.9 Å². The fourth-order valence-corrected chi connectivity index (χ4v) is 3.83. The smallest absolute Gasteiger partial charge is 0.326 e. The molecule has 5 unspecified atom stereocenters. The SMILES string of the molecule is CC(O)C(N)C(=O)NC(Cc1ccccc1)C(=O)N1CCCC1C(=O)NC(CCC(=O)O)C(=O)O. The van der Waals surface area contributed by atoms with Crippen LogP contribution in [-0.4, -0.2) is 86.7 Å². The molecule has 1 saturated heterocycles. The Hall–Kier alpha value is -3.51. The Morgan fingerprint density at radius 1 is 1.09 bits per heavy atom. The fraction of sp³-hybridized carbons (Fsp3) is 0.522. The van der Waals surface area contributed by atoms with Crippen molar-refractivity contribution >= 4 is 29.7 Å². The lowest BCUT2D eigenvalue weighted by Crippen LogP contribution is -2.58. The third kappa shape index (κ3) is 8.04. The van der Waals surface area contributed by atoms with Gasteiger partial charge in [0.2, 0.25) is 17.7 Å². The number of benzene rings is 1. The molecule has 0 aromatic heterocycles. The maximum atomic E-state index is 13.5. The topological polar surface area (TPSA) is 199 Å². The number of nitrogens with one attached hydrogen (secondary N) is 2. The van der Waals surface area contributed by atoms with Gasteiger partial charge in [0.1, 0.15) is 24.2 Å². The number of amides is 3. The molecule has 12 nitrogen and oxygen atoms in total. The normalized spacial score (nSPS) is 18.7. The van der Waals surface area contributed by atoms with Crippen LogP contribution in [0.4, 0.5) is 0 Å². The van der Waals surface area contributed by atoms with Gasteiger partial charge in [0.05, 0.1) is 6.10 Å². The van der Waals surface area contributed by atoms with Crippen molar-refractivity contribution in [1.82, 2.24) is 15.5 Å². The number of aliphatic hydroxyl groups excluding tert-OH is 1. The van der Waals surface area contributed by atoms with E-state index in [1.807, 2.05) is 0 Å². The van der Waals surface area contributed by atoms with Gasteiger partial charge in [-0.2, -0.15) is 0 Å². The van der Waals surface area contributed by atoms with Gasteiger partial charge in [0.25, 0.3) is 0 Å². The van der Waals surface area contributed by atoms with E-state index in [1.165, 1.54) is 11.8 Å². The first kappa shape index (κ1) is 27.7. The van der Waals surface area contributed by atoms with Gasteiger partial charge in [0.15, 0.2) is 0 Å². The number of carboxylic acid groups (broad SMARTS) is 2. The highest BCUT2D eigenvalue weighted by Crippen LogP contribution is 2.20. The second-order valence-electron chi connectivity index (χ2n) is 8.54. The number of nitrogens with two attached hydrogens (primary N) is 1. The molecule has 1 fully saturated rings. The van der Waals surface area contributed by atoms with E-state index in [0.29, 0.717) is 6.42 Å². The summed E-state index contributed by atoms with van der Waals surface area (Å²) in [6.07, 6.45) is -1.02. The van der Waals surface area contributed by atoms with Gasteiger partial charge < -0.3 is 36.6 Å². The number of aliphatic hydroxyl groups is 1. The fourth-order valence-electron chi connectivity index (χ4n) is 3.83. The summed E-state index contributed by atoms with van der Waals surface area (Å²) in [4.78, 5) is 62.4. The summed E-state index contributed by atoms with van der Waals surface area (Å²) in [5, 5.41) is 32.7. The van der Waals surface area contributed by atoms with Crippen LogP contribution in [0.15, 0.2) is 30.3 Å². The molecule has 12 heteroatoms. The molecule has 3 amide bonds. The van der Waals surface area contributed by atoms with E-state index >= 15 is 0 Å². The Bertz CT molecular complexity index is 923. The number of carbonyl (C=O) groups excluding carboxylic acids is 3. The highest BCUT2D eigenvalue weighted by molar-refractivity contribution is 5.94. The number of hydrogen-bond acceptors (Lipinski definition) is 7. The van der Waals surface area contributed by atoms with Crippen LogP contribution in [0.5, 0.6) is 0 Å². The van der Waals surface area contributed by atoms with E-state index in [9.17, 15) is 34.2 Å². The minimum absolute atomic E-state index is 0.110. The van der Waals surface area contributed by atoms with Crippen LogP contribution in [0.25, 0.3) is 0 Å². The lowest BCUT2D eigenvalue weighted by Gasteiger charge is -2.30. The number of carbonyl (C=O) groups is 5. The summed E-state index contributed by atoms with van der Waals surface area (Å²) in [7, 11) is 0. The first-order valence-corrected chi connectivity index (χ1v) is 11.3. The van der Waals surface area contributed by atoms with Crippen molar-refractivity contribution in [2.45, 2.75) is 69.3 Å². The molecule has 1 aliphatic heterocycles. The van der Waals surface area contributed by atoms with Crippen molar-refractivity contribution in [2.75, 3.05) is 6.54 Å². The Labute approximate surface area is 202 Å². The molecule has 192 valence electrons. The van der Waals surface area contributed by atoms with Crippen molar-refractivity contribution in [1.29, 1.82) is 0 Å². The summed E-state index contributed by atoms with van der Waals surface area (Å²) < 4.78 is 0. The molecule has 0 aliphatic carbocycles. The average Bonchev–Trinajstić information content (AvgIpc) is 3.30. The minimum atomic E-state index is -1.42. The summed E-state index contributed by atoms with van der Waals surface area (Å²) >= 11 is 0. The molecule has 7 N–H and O–H groups in total. The maximum absolute atomic E-state index is 13.5. The van der Waals surface area contributed by atoms with Gasteiger partial charge in [-0.1, -0.05) is 30.3 Å². The number of rotatable bonds is 12. The number of hydrogen-bond donors (Lipinski definition) is 6. The van der Waals surface area contributed by atoms with Crippen molar-refractivity contribution in [3.05, 3.63) is 35.9 Å². The summed E-state index contributed by atoms with van der Waals surface area (Å²) in [5.74, 6) is -4.56. The average molecular weight is 493 g/mol. The van der Waals surface area contributed by atoms with Crippen LogP contribution in [-0.2, 0) is 30.4 Å². The minimum Gasteiger partial charge on any atom is -0.481 e. The van der Waals surface area contributed by atoms with Crippen LogP contribution in [0.3, 0.4) is 0 Å². The number of likely N-dealkylation sites (tertiary alicyclic amines) is 1. The zero-order valence-corrected chi connectivity index (χ0v) is 19.4. The van der Waals surface area contributed by atoms with E-state index < -0.39 is 66.4 Å². The largest absolute Gasteiger partial charge is 0.481 e. The van der Waals surface area contributed by atoms with Crippen LogP contribution < -0.4 is 16.4 Å². The van der Waals surface area contributed by atoms with Gasteiger partial charge in [0, 0.05) is 19.4 Å². The lowest BCUT2D eigenvalue weighted by molar-refractivity contribution is -0.145. The second-order valence-corrected chi connectivity index (χ2v) is 8.54. The molecule has 0 bridgehead atoms. The molecular formula is C23H32N4O8. The molecule has 1 aromatic rings. The molecule has 1 aromatic carbocycles. The van der Waals surface area contributed by atoms with Gasteiger partial charge in [-0.3, -0.25) is 19.2 Å². The second kappa shape index (κ2) is 12.8. The molecule has 1 heterocycles. The molecule has 0 radical (unpaired) electrons. The Morgan fingerprint density at radius 2 is 1.74 bits per heavy atom. The van der Waals surface area contributed by atoms with Crippen molar-refractivity contribution in [3.8, 4) is 0 Å². The molecule has 5 atom stereocenters. The lowest BCUT2D eigenvalue weighted by atomic mass is 10.0. The molecule has 1 aliphatic rings. The standard InChI is InChI=1S/C23H32N4O8/c1-13(28)19(24)21(32)26-16(12-14-6-3-2-4-7-14)22(33)27-11-5-8-17(27)20(31)25-15(23(34)35)9-10-18(29)30/h2-4,6-7,13,15-17,19,28H,5,8-12,24H2,1H3,(H,25,31)(H,26,32)(H,29,30)(H,34,35). The Morgan fingerprint density at radius 3 is 2.31 bits per heavy atom. The van der Waals surface area contributed by atoms with E-state index in [1.54, 1.807) is 30.3 Å². The quantitative estimate of drug-likeness (QED) is 0.208. The summed E-state index contributed by atoms with van der Waals surface area (Å²) in [5.41, 5.74) is 6.46. The van der Waals surface area contributed by atoms with E-state index in [0.717, 1.165) is 5.56 Å². The predicted octanol–water partition coefficient (Wildman–Crippen LogP) is -1.15. The third-order valence-corrected chi connectivity index (χ3v) is 5.82. The predicted molar refractivity (Wildman–Crippen MR) is 123 cm³/mol. The third-order valence-electron chi connectivity index (χ3n) is 5.82. The number of aliphatic carboxylic acids is 2. The molecular weight excluding hydrogens is 460 g/mol. The van der Waals surface area contributed by atoms with Gasteiger partial charge in [-0.05, 0) is 31.7 Å². The van der Waals surface area contributed by atoms with Gasteiger partial charge in [-0.15, -0.1) is 0 Å². The van der Waals surface area contributed by atoms with Crippen molar-refractivity contribution < 1.29 is 39.3 Å². The highest BCUT2D eigenvalue weighted by Gasteiger charge is 2.39. The van der Waals surface area contributed by atoms with E-state index in [-0.39, 0.29) is 25.8 Å². The maximum Gasteiger partial charge on any atom is 0.326 e. The highest BCUT2D eigenvalue weighted by atomic mass is 16.4. The molecule has 0 spiro atoms. The zero-order chi connectivity index (χ0) is 26.1. The van der Waals surface area contributed by atoms with Crippen LogP contribution in [0.2, 0.25) is 0 Å². The molecule has 35 heavy (non-hydrogen) atoms. The van der Waals surface area contributed by atoms with Crippen molar-refractivity contribution in [3.63, 3.8) is 0 Å². The van der Waals surface area contributed by atoms with Crippen LogP contribution in [0, 0.1) is 0 Å². The van der Waals surface area contributed by atoms with Crippen molar-refractivity contribution in [2.24, 2.45) is 5.73 Å². The van der Waals surface area contributed by atoms with Crippen LogP contribution in [0.1, 0.15) is 38.2 Å². The molecule has 0 saturated carbocycles. The summed E-state index contributed by atoms with van der Waals surface area (Å²) in [6.45, 7) is 1.57. The zero-order valence-electron chi connectivity index (χ0n) is 19.4. The number of carboxylic acids is 2. The summed E-state index contributed by atoms with van der Waals surface area (Å²) in [6, 6.07) is 4.16. The first-order chi connectivity index (χ1) is 16.5. The Balaban J connectivity index is 2.19. The van der Waals surface area contributed by atoms with E-state index in [2.05, 4.69) is 10.6 Å². The monoisotopic (exact) mass is 492 g/mol. The van der Waals surface area contributed by atoms with Crippen LogP contribution >= 0.6 is 0 Å². The van der Waals surface area contributed by atoms with Gasteiger partial charge in [-0.25, -0.2) is 4.79 Å². The first-order valence-electron chi connectivity index (χ1n) is 11.3. The van der Waals surface area contributed by atoms with E-state index in [4.69, 9.17) is 10.8 Å². The number of nitrogens with zero attached hydrogens (tertiary/aromatic N) is 1. The Kier molecular flexibility index (Phi) is 10.2. The molecule has 2 rings (SSSR count).